The summed E-state index contributed by atoms with van der Waals surface area (Å²) in [5, 5.41) is 9.41. The number of phenolic OH excluding ortho intramolecular Hbond substituents is 1. The summed E-state index contributed by atoms with van der Waals surface area (Å²) in [7, 11) is 0. The van der Waals surface area contributed by atoms with Crippen molar-refractivity contribution in [1.82, 2.24) is 0 Å². The molecule has 0 aromatic heterocycles. The van der Waals surface area contributed by atoms with Gasteiger partial charge in [0.1, 0.15) is 5.75 Å². The highest BCUT2D eigenvalue weighted by Gasteiger charge is 2.63. The predicted molar refractivity (Wildman–Crippen MR) is 128 cm³/mol. The van der Waals surface area contributed by atoms with Gasteiger partial charge in [0, 0.05) is 11.5 Å². The standard InChI is InChI=1S/C29H38O3/c1-26-15-11-24-28(3)14-4-13-27(2,23(28)12-16-29(24,19-26)18-17-26)20-32-25(31)10-7-21-5-8-22(30)9-6-21/h5-10,17-18,23-24,30H,4,11-16,19-20H2,1-3H3/b10-7-/t23-,24-,26-,27+,28-,29-/m1/s1. The second-order valence-corrected chi connectivity index (χ2v) is 12.1. The maximum atomic E-state index is 12.5. The van der Waals surface area contributed by atoms with Crippen LogP contribution in [0.15, 0.2) is 42.5 Å². The molecule has 3 saturated carbocycles. The first-order chi connectivity index (χ1) is 15.2. The summed E-state index contributed by atoms with van der Waals surface area (Å²) >= 11 is 0. The summed E-state index contributed by atoms with van der Waals surface area (Å²) < 4.78 is 5.85. The molecule has 4 aliphatic carbocycles. The SMILES string of the molecule is C[C@]12C=C[C@]3(CC[C@@H]4[C@](C)(COC(=O)/C=C\c5ccc(O)cc5)CCC[C@@]4(C)[C@H]3CC1)C2. The minimum absolute atomic E-state index is 0.0553. The maximum Gasteiger partial charge on any atom is 0.330 e. The number of carbonyl (C=O) groups is 1. The fraction of sp³-hybridized carbons (Fsp3) is 0.621. The van der Waals surface area contributed by atoms with E-state index in [0.717, 1.165) is 17.9 Å². The molecule has 3 fully saturated rings. The van der Waals surface area contributed by atoms with E-state index >= 15 is 0 Å². The summed E-state index contributed by atoms with van der Waals surface area (Å²) in [6.07, 6.45) is 18.7. The Morgan fingerprint density at radius 3 is 2.56 bits per heavy atom. The van der Waals surface area contributed by atoms with Gasteiger partial charge in [-0.25, -0.2) is 4.79 Å². The minimum Gasteiger partial charge on any atom is -0.508 e. The van der Waals surface area contributed by atoms with E-state index in [0.29, 0.717) is 28.8 Å². The van der Waals surface area contributed by atoms with Crippen LogP contribution >= 0.6 is 0 Å². The van der Waals surface area contributed by atoms with Gasteiger partial charge in [0.25, 0.3) is 0 Å². The van der Waals surface area contributed by atoms with Gasteiger partial charge in [0.2, 0.25) is 0 Å². The van der Waals surface area contributed by atoms with Crippen molar-refractivity contribution < 1.29 is 14.6 Å². The summed E-state index contributed by atoms with van der Waals surface area (Å²) in [5.41, 5.74) is 2.12. The Bertz CT molecular complexity index is 946. The Hall–Kier alpha value is -2.03. The fourth-order valence-corrected chi connectivity index (χ4v) is 8.47. The fourth-order valence-electron chi connectivity index (χ4n) is 8.47. The van der Waals surface area contributed by atoms with Gasteiger partial charge in [-0.2, -0.15) is 0 Å². The minimum atomic E-state index is -0.272. The molecule has 1 spiro atoms. The number of ether oxygens (including phenoxy) is 1. The van der Waals surface area contributed by atoms with Crippen molar-refractivity contribution >= 4 is 12.0 Å². The number of esters is 1. The Morgan fingerprint density at radius 1 is 1.03 bits per heavy atom. The lowest BCUT2D eigenvalue weighted by Crippen LogP contribution is -2.58. The molecule has 5 rings (SSSR count). The Labute approximate surface area is 192 Å². The normalized spacial score (nSPS) is 42.5. The van der Waals surface area contributed by atoms with Crippen LogP contribution in [0.3, 0.4) is 0 Å². The number of hydrogen-bond donors (Lipinski definition) is 1. The van der Waals surface area contributed by atoms with Gasteiger partial charge in [0.15, 0.2) is 0 Å². The lowest BCUT2D eigenvalue weighted by molar-refractivity contribution is -0.168. The molecule has 4 aliphatic rings. The van der Waals surface area contributed by atoms with Crippen LogP contribution in [0.5, 0.6) is 5.75 Å². The molecule has 2 bridgehead atoms. The molecule has 1 N–H and O–H groups in total. The maximum absolute atomic E-state index is 12.5. The van der Waals surface area contributed by atoms with E-state index in [1.165, 1.54) is 51.0 Å². The molecule has 0 aliphatic heterocycles. The number of rotatable bonds is 4. The van der Waals surface area contributed by atoms with E-state index < -0.39 is 0 Å². The Balaban J connectivity index is 1.29. The third-order valence-electron chi connectivity index (χ3n) is 9.89. The molecule has 0 unspecified atom stereocenters. The molecule has 0 saturated heterocycles. The van der Waals surface area contributed by atoms with Crippen LogP contribution in [0.1, 0.15) is 77.7 Å². The summed E-state index contributed by atoms with van der Waals surface area (Å²) in [6.45, 7) is 7.92. The van der Waals surface area contributed by atoms with Crippen LogP contribution in [0, 0.1) is 33.5 Å². The average molecular weight is 435 g/mol. The van der Waals surface area contributed by atoms with Crippen LogP contribution in [0.25, 0.3) is 6.08 Å². The quantitative estimate of drug-likeness (QED) is 0.318. The van der Waals surface area contributed by atoms with Gasteiger partial charge in [-0.15, -0.1) is 0 Å². The third-order valence-corrected chi connectivity index (χ3v) is 9.89. The van der Waals surface area contributed by atoms with Crippen molar-refractivity contribution in [3.63, 3.8) is 0 Å². The lowest BCUT2D eigenvalue weighted by Gasteiger charge is -2.64. The second-order valence-electron chi connectivity index (χ2n) is 12.1. The van der Waals surface area contributed by atoms with Crippen LogP contribution in [-0.2, 0) is 9.53 Å². The number of hydrogen-bond acceptors (Lipinski definition) is 3. The molecule has 6 atom stereocenters. The van der Waals surface area contributed by atoms with E-state index in [1.807, 2.05) is 0 Å². The van der Waals surface area contributed by atoms with Crippen LogP contribution in [0.4, 0.5) is 0 Å². The van der Waals surface area contributed by atoms with Gasteiger partial charge in [0.05, 0.1) is 6.61 Å². The highest BCUT2D eigenvalue weighted by atomic mass is 16.5. The highest BCUT2D eigenvalue weighted by Crippen LogP contribution is 2.71. The van der Waals surface area contributed by atoms with Crippen LogP contribution in [0.2, 0.25) is 0 Å². The number of phenols is 1. The Morgan fingerprint density at radius 2 is 1.78 bits per heavy atom. The molecule has 3 heteroatoms. The number of aromatic hydroxyl groups is 1. The van der Waals surface area contributed by atoms with E-state index in [-0.39, 0.29) is 17.1 Å². The summed E-state index contributed by atoms with van der Waals surface area (Å²) in [4.78, 5) is 12.5. The predicted octanol–water partition coefficient (Wildman–Crippen LogP) is 6.92. The molecule has 3 nitrogen and oxygen atoms in total. The summed E-state index contributed by atoms with van der Waals surface area (Å²) in [5.74, 6) is 1.34. The van der Waals surface area contributed by atoms with Crippen LogP contribution < -0.4 is 0 Å². The van der Waals surface area contributed by atoms with Gasteiger partial charge in [-0.05, 0) is 96.8 Å². The monoisotopic (exact) mass is 434 g/mol. The van der Waals surface area contributed by atoms with Crippen molar-refractivity contribution in [2.45, 2.75) is 72.1 Å². The van der Waals surface area contributed by atoms with Crippen molar-refractivity contribution in [3.8, 4) is 5.75 Å². The average Bonchev–Trinajstić information content (AvgIpc) is 3.00. The zero-order chi connectivity index (χ0) is 22.6. The first-order valence-electron chi connectivity index (χ1n) is 12.5. The zero-order valence-electron chi connectivity index (χ0n) is 19.9. The topological polar surface area (TPSA) is 46.5 Å². The van der Waals surface area contributed by atoms with E-state index in [2.05, 4.69) is 32.9 Å². The van der Waals surface area contributed by atoms with E-state index in [4.69, 9.17) is 4.74 Å². The van der Waals surface area contributed by atoms with Crippen molar-refractivity contribution in [2.75, 3.05) is 6.61 Å². The number of carbonyl (C=O) groups excluding carboxylic acids is 1. The molecular weight excluding hydrogens is 396 g/mol. The van der Waals surface area contributed by atoms with Crippen molar-refractivity contribution in [2.24, 2.45) is 33.5 Å². The van der Waals surface area contributed by atoms with Crippen molar-refractivity contribution in [1.29, 1.82) is 0 Å². The highest BCUT2D eigenvalue weighted by molar-refractivity contribution is 5.87. The smallest absolute Gasteiger partial charge is 0.330 e. The van der Waals surface area contributed by atoms with Gasteiger partial charge in [-0.3, -0.25) is 0 Å². The molecule has 0 amide bonds. The molecule has 172 valence electrons. The first-order valence-corrected chi connectivity index (χ1v) is 12.5. The van der Waals surface area contributed by atoms with Gasteiger partial charge in [-0.1, -0.05) is 51.5 Å². The number of fused-ring (bicyclic) bond motifs is 3. The van der Waals surface area contributed by atoms with Crippen molar-refractivity contribution in [3.05, 3.63) is 48.1 Å². The molecule has 1 aromatic rings. The second kappa shape index (κ2) is 7.50. The summed E-state index contributed by atoms with van der Waals surface area (Å²) in [6, 6.07) is 6.82. The molecule has 0 heterocycles. The van der Waals surface area contributed by atoms with E-state index in [1.54, 1.807) is 30.3 Å². The van der Waals surface area contributed by atoms with Crippen LogP contribution in [-0.4, -0.2) is 17.7 Å². The van der Waals surface area contributed by atoms with Gasteiger partial charge >= 0.3 is 5.97 Å². The molecule has 1 aromatic carbocycles. The molecule has 32 heavy (non-hydrogen) atoms. The first kappa shape index (κ1) is 21.8. The largest absolute Gasteiger partial charge is 0.508 e. The third kappa shape index (κ3) is 3.53. The number of benzene rings is 1. The zero-order valence-corrected chi connectivity index (χ0v) is 19.9. The number of allylic oxidation sites excluding steroid dienone is 2. The lowest BCUT2D eigenvalue weighted by atomic mass is 9.40. The Kier molecular flexibility index (Phi) is 5.11. The van der Waals surface area contributed by atoms with Gasteiger partial charge < -0.3 is 9.84 Å². The van der Waals surface area contributed by atoms with E-state index in [9.17, 15) is 9.90 Å². The molecule has 0 radical (unpaired) electrons. The molecular formula is C29H38O3.